The molecule has 5 heteroatoms. The van der Waals surface area contributed by atoms with Crippen LogP contribution in [0.25, 0.3) is 0 Å². The Labute approximate surface area is 118 Å². The smallest absolute Gasteiger partial charge is 0.233 e. The molecule has 0 aromatic heterocycles. The molecule has 1 N–H and O–H groups in total. The number of likely N-dealkylation sites (tertiary alicyclic amines) is 1. The third kappa shape index (κ3) is 3.14. The maximum absolute atomic E-state index is 12.2. The normalized spacial score (nSPS) is 30.2. The van der Waals surface area contributed by atoms with Crippen molar-refractivity contribution >= 4 is 23.6 Å². The van der Waals surface area contributed by atoms with Crippen molar-refractivity contribution in [1.29, 1.82) is 0 Å². The molecule has 4 nitrogen and oxygen atoms in total. The van der Waals surface area contributed by atoms with Gasteiger partial charge in [0.15, 0.2) is 0 Å². The minimum absolute atomic E-state index is 0.0279. The fraction of sp³-hybridized carbons (Fsp3) is 0.857. The highest BCUT2D eigenvalue weighted by Crippen LogP contribution is 2.44. The molecule has 0 spiro atoms. The lowest BCUT2D eigenvalue weighted by Gasteiger charge is -2.17. The molecule has 108 valence electrons. The minimum atomic E-state index is -0.0279. The summed E-state index contributed by atoms with van der Waals surface area (Å²) in [6.07, 6.45) is 3.65. The molecular weight excluding hydrogens is 262 g/mol. The number of aliphatic hydroxyl groups is 1. The number of aliphatic hydroxyl groups excluding tert-OH is 1. The van der Waals surface area contributed by atoms with Crippen molar-refractivity contribution in [2.45, 2.75) is 32.6 Å². The van der Waals surface area contributed by atoms with Gasteiger partial charge in [0, 0.05) is 18.9 Å². The van der Waals surface area contributed by atoms with E-state index >= 15 is 0 Å². The van der Waals surface area contributed by atoms with Crippen LogP contribution in [0.15, 0.2) is 0 Å². The number of carbonyl (C=O) groups excluding carboxylic acids is 2. The SMILES string of the molecule is CCC1CC2C(=O)N(CCSCCCO)C(=O)C2C1. The molecule has 19 heavy (non-hydrogen) atoms. The molecule has 0 aromatic rings. The third-order valence-electron chi connectivity index (χ3n) is 4.31. The molecule has 0 radical (unpaired) electrons. The van der Waals surface area contributed by atoms with Crippen molar-refractivity contribution in [3.63, 3.8) is 0 Å². The van der Waals surface area contributed by atoms with E-state index in [0.29, 0.717) is 12.5 Å². The van der Waals surface area contributed by atoms with Gasteiger partial charge in [-0.15, -0.1) is 0 Å². The lowest BCUT2D eigenvalue weighted by atomic mass is 10.00. The average molecular weight is 285 g/mol. The van der Waals surface area contributed by atoms with E-state index in [4.69, 9.17) is 5.11 Å². The zero-order valence-electron chi connectivity index (χ0n) is 11.5. The summed E-state index contributed by atoms with van der Waals surface area (Å²) >= 11 is 1.70. The van der Waals surface area contributed by atoms with E-state index < -0.39 is 0 Å². The molecular formula is C14H23NO3S. The van der Waals surface area contributed by atoms with Crippen molar-refractivity contribution in [3.05, 3.63) is 0 Å². The number of nitrogens with zero attached hydrogens (tertiary/aromatic N) is 1. The van der Waals surface area contributed by atoms with E-state index in [1.807, 2.05) is 0 Å². The van der Waals surface area contributed by atoms with Crippen LogP contribution < -0.4 is 0 Å². The number of amides is 2. The largest absolute Gasteiger partial charge is 0.396 e. The van der Waals surface area contributed by atoms with Gasteiger partial charge in [-0.05, 0) is 30.9 Å². The van der Waals surface area contributed by atoms with Crippen molar-refractivity contribution < 1.29 is 14.7 Å². The summed E-state index contributed by atoms with van der Waals surface area (Å²) in [6.45, 7) is 2.88. The van der Waals surface area contributed by atoms with E-state index in [-0.39, 0.29) is 30.3 Å². The molecule has 1 aliphatic heterocycles. The lowest BCUT2D eigenvalue weighted by molar-refractivity contribution is -0.140. The van der Waals surface area contributed by atoms with Crippen LogP contribution in [0.3, 0.4) is 0 Å². The van der Waals surface area contributed by atoms with Gasteiger partial charge in [-0.2, -0.15) is 11.8 Å². The second-order valence-electron chi connectivity index (χ2n) is 5.48. The zero-order valence-corrected chi connectivity index (χ0v) is 12.3. The number of fused-ring (bicyclic) bond motifs is 1. The Morgan fingerprint density at radius 3 is 2.37 bits per heavy atom. The molecule has 1 aliphatic carbocycles. The summed E-state index contributed by atoms with van der Waals surface area (Å²) in [4.78, 5) is 25.9. The average Bonchev–Trinajstić information content (AvgIpc) is 2.93. The molecule has 2 amide bonds. The summed E-state index contributed by atoms with van der Waals surface area (Å²) in [5.41, 5.74) is 0. The Morgan fingerprint density at radius 1 is 1.21 bits per heavy atom. The van der Waals surface area contributed by atoms with Crippen LogP contribution in [-0.2, 0) is 9.59 Å². The van der Waals surface area contributed by atoms with Crippen LogP contribution in [0.1, 0.15) is 32.6 Å². The Hall–Kier alpha value is -0.550. The molecule has 0 bridgehead atoms. The highest BCUT2D eigenvalue weighted by atomic mass is 32.2. The first-order chi connectivity index (χ1) is 9.19. The Kier molecular flexibility index (Phi) is 5.28. The summed E-state index contributed by atoms with van der Waals surface area (Å²) in [6, 6.07) is 0. The number of carbonyl (C=O) groups is 2. The van der Waals surface area contributed by atoms with Gasteiger partial charge < -0.3 is 5.11 Å². The first-order valence-corrected chi connectivity index (χ1v) is 8.38. The van der Waals surface area contributed by atoms with E-state index in [9.17, 15) is 9.59 Å². The summed E-state index contributed by atoms with van der Waals surface area (Å²) in [7, 11) is 0. The second-order valence-corrected chi connectivity index (χ2v) is 6.70. The van der Waals surface area contributed by atoms with Crippen molar-refractivity contribution in [1.82, 2.24) is 4.90 Å². The standard InChI is InChI=1S/C14H23NO3S/c1-2-10-8-11-12(9-10)14(18)15(13(11)17)4-7-19-6-3-5-16/h10-12,16H,2-9H2,1H3. The number of thioether (sulfide) groups is 1. The van der Waals surface area contributed by atoms with E-state index in [0.717, 1.165) is 37.2 Å². The quantitative estimate of drug-likeness (QED) is 0.569. The minimum Gasteiger partial charge on any atom is -0.396 e. The van der Waals surface area contributed by atoms with Gasteiger partial charge in [-0.3, -0.25) is 14.5 Å². The molecule has 2 fully saturated rings. The predicted octanol–water partition coefficient (Wildman–Crippen LogP) is 1.52. The number of hydrogen-bond donors (Lipinski definition) is 1. The monoisotopic (exact) mass is 285 g/mol. The van der Waals surface area contributed by atoms with Gasteiger partial charge in [-0.25, -0.2) is 0 Å². The second kappa shape index (κ2) is 6.75. The van der Waals surface area contributed by atoms with E-state index in [2.05, 4.69) is 6.92 Å². The number of rotatable bonds is 7. The Morgan fingerprint density at radius 2 is 1.84 bits per heavy atom. The maximum Gasteiger partial charge on any atom is 0.233 e. The molecule has 2 rings (SSSR count). The van der Waals surface area contributed by atoms with Crippen LogP contribution in [0.5, 0.6) is 0 Å². The zero-order chi connectivity index (χ0) is 13.8. The fourth-order valence-corrected chi connectivity index (χ4v) is 4.03. The molecule has 2 atom stereocenters. The van der Waals surface area contributed by atoms with Crippen molar-refractivity contribution in [2.24, 2.45) is 17.8 Å². The van der Waals surface area contributed by atoms with Crippen molar-refractivity contribution in [3.8, 4) is 0 Å². The summed E-state index contributed by atoms with van der Waals surface area (Å²) < 4.78 is 0. The lowest BCUT2D eigenvalue weighted by Crippen LogP contribution is -2.34. The number of imide groups is 1. The summed E-state index contributed by atoms with van der Waals surface area (Å²) in [5.74, 6) is 2.30. The fourth-order valence-electron chi connectivity index (χ4n) is 3.18. The molecule has 1 saturated heterocycles. The third-order valence-corrected chi connectivity index (χ3v) is 5.36. The van der Waals surface area contributed by atoms with Crippen LogP contribution >= 0.6 is 11.8 Å². The molecule has 2 unspecified atom stereocenters. The van der Waals surface area contributed by atoms with Crippen LogP contribution in [-0.4, -0.2) is 46.5 Å². The van der Waals surface area contributed by atoms with Gasteiger partial charge >= 0.3 is 0 Å². The maximum atomic E-state index is 12.2. The molecule has 0 aromatic carbocycles. The summed E-state index contributed by atoms with van der Waals surface area (Å²) in [5, 5.41) is 8.69. The predicted molar refractivity (Wildman–Crippen MR) is 75.7 cm³/mol. The number of hydrogen-bond acceptors (Lipinski definition) is 4. The first-order valence-electron chi connectivity index (χ1n) is 7.22. The van der Waals surface area contributed by atoms with Crippen LogP contribution in [0.4, 0.5) is 0 Å². The van der Waals surface area contributed by atoms with Crippen molar-refractivity contribution in [2.75, 3.05) is 24.7 Å². The Bertz CT molecular complexity index is 324. The highest BCUT2D eigenvalue weighted by molar-refractivity contribution is 7.99. The first kappa shape index (κ1) is 14.9. The van der Waals surface area contributed by atoms with Gasteiger partial charge in [0.2, 0.25) is 11.8 Å². The highest BCUT2D eigenvalue weighted by Gasteiger charge is 2.51. The van der Waals surface area contributed by atoms with Gasteiger partial charge in [0.25, 0.3) is 0 Å². The molecule has 2 aliphatic rings. The van der Waals surface area contributed by atoms with Gasteiger partial charge in [-0.1, -0.05) is 13.3 Å². The van der Waals surface area contributed by atoms with Gasteiger partial charge in [0.05, 0.1) is 11.8 Å². The molecule has 1 heterocycles. The Balaban J connectivity index is 1.81. The topological polar surface area (TPSA) is 57.6 Å². The van der Waals surface area contributed by atoms with Gasteiger partial charge in [0.1, 0.15) is 0 Å². The van der Waals surface area contributed by atoms with Crippen LogP contribution in [0.2, 0.25) is 0 Å². The van der Waals surface area contributed by atoms with E-state index in [1.54, 1.807) is 11.8 Å². The van der Waals surface area contributed by atoms with E-state index in [1.165, 1.54) is 4.90 Å². The molecule has 1 saturated carbocycles. The van der Waals surface area contributed by atoms with Crippen LogP contribution in [0, 0.1) is 17.8 Å².